The monoisotopic (exact) mass is 433 g/mol. The Morgan fingerprint density at radius 3 is 1.25 bits per heavy atom. The maximum Gasteiger partial charge on any atom is 0.270 e. The predicted octanol–water partition coefficient (Wildman–Crippen LogP) is 4.48. The fourth-order valence-corrected chi connectivity index (χ4v) is 9.82. The maximum absolute atomic E-state index is 13.2. The third kappa shape index (κ3) is 3.21. The molecule has 0 unspecified atom stereocenters. The highest BCUT2D eigenvalue weighted by molar-refractivity contribution is 5.96. The number of nitrogens with one attached hydrogen (secondary N) is 2. The number of hydrogen-bond donors (Lipinski definition) is 2. The predicted molar refractivity (Wildman–Crippen MR) is 121 cm³/mol. The normalized spacial score (nSPS) is 45.1. The summed E-state index contributed by atoms with van der Waals surface area (Å²) in [6.45, 7) is 0. The number of aromatic nitrogens is 1. The number of rotatable bonds is 4. The third-order valence-electron chi connectivity index (χ3n) is 10.0. The molecular formula is C27H35N3O2. The molecule has 9 rings (SSSR count). The van der Waals surface area contributed by atoms with Gasteiger partial charge in [-0.25, -0.2) is 4.98 Å². The molecule has 2 N–H and O–H groups in total. The van der Waals surface area contributed by atoms with Crippen molar-refractivity contribution in [2.24, 2.45) is 35.5 Å². The fourth-order valence-electron chi connectivity index (χ4n) is 9.82. The summed E-state index contributed by atoms with van der Waals surface area (Å²) in [5.41, 5.74) is 0.702. The molecule has 8 fully saturated rings. The number of hydrogen-bond acceptors (Lipinski definition) is 3. The Kier molecular flexibility index (Phi) is 4.16. The average molecular weight is 434 g/mol. The second-order valence-corrected chi connectivity index (χ2v) is 12.7. The van der Waals surface area contributed by atoms with E-state index in [9.17, 15) is 9.59 Å². The summed E-state index contributed by atoms with van der Waals surface area (Å²) >= 11 is 0. The van der Waals surface area contributed by atoms with Crippen molar-refractivity contribution >= 4 is 11.8 Å². The van der Waals surface area contributed by atoms with E-state index in [1.54, 1.807) is 12.1 Å². The number of pyridine rings is 1. The van der Waals surface area contributed by atoms with E-state index in [1.165, 1.54) is 38.5 Å². The van der Waals surface area contributed by atoms with Crippen molar-refractivity contribution in [2.75, 3.05) is 0 Å². The van der Waals surface area contributed by atoms with E-state index in [1.807, 2.05) is 6.07 Å². The summed E-state index contributed by atoms with van der Waals surface area (Å²) < 4.78 is 0. The first-order valence-corrected chi connectivity index (χ1v) is 13.1. The summed E-state index contributed by atoms with van der Waals surface area (Å²) in [6.07, 6.45) is 14.9. The summed E-state index contributed by atoms with van der Waals surface area (Å²) in [6, 6.07) is 5.34. The lowest BCUT2D eigenvalue weighted by molar-refractivity contribution is -0.0169. The van der Waals surface area contributed by atoms with Crippen LogP contribution >= 0.6 is 0 Å². The number of carbonyl (C=O) groups is 2. The molecule has 5 nitrogen and oxygen atoms in total. The van der Waals surface area contributed by atoms with Crippen LogP contribution in [0.15, 0.2) is 18.2 Å². The lowest BCUT2D eigenvalue weighted by atomic mass is 9.53. The van der Waals surface area contributed by atoms with Crippen molar-refractivity contribution in [3.8, 4) is 0 Å². The highest BCUT2D eigenvalue weighted by atomic mass is 16.2. The summed E-state index contributed by atoms with van der Waals surface area (Å²) in [5.74, 6) is 4.50. The van der Waals surface area contributed by atoms with Crippen LogP contribution < -0.4 is 10.6 Å². The summed E-state index contributed by atoms with van der Waals surface area (Å²) in [7, 11) is 0. The minimum absolute atomic E-state index is 0.0367. The molecule has 0 radical (unpaired) electrons. The standard InChI is InChI=1S/C27H35N3O2/c31-24(29-26-10-16-4-17(11-26)6-18(5-16)12-26)22-2-1-3-23(28-22)25(32)30-27-13-19-7-20(14-27)9-21(8-19)15-27/h1-3,16-21H,4-15H2,(H,29,31)(H,30,32). The molecule has 1 aromatic rings. The van der Waals surface area contributed by atoms with Gasteiger partial charge in [-0.05, 0) is 125 Å². The van der Waals surface area contributed by atoms with Crippen LogP contribution in [-0.2, 0) is 0 Å². The molecule has 0 aliphatic heterocycles. The van der Waals surface area contributed by atoms with E-state index in [2.05, 4.69) is 15.6 Å². The van der Waals surface area contributed by atoms with Gasteiger partial charge in [-0.2, -0.15) is 0 Å². The fraction of sp³-hybridized carbons (Fsp3) is 0.741. The van der Waals surface area contributed by atoms with Gasteiger partial charge in [0.1, 0.15) is 11.4 Å². The van der Waals surface area contributed by atoms with Crippen molar-refractivity contribution in [3.63, 3.8) is 0 Å². The van der Waals surface area contributed by atoms with E-state index in [0.29, 0.717) is 11.4 Å². The van der Waals surface area contributed by atoms with Crippen molar-refractivity contribution in [3.05, 3.63) is 29.6 Å². The second kappa shape index (κ2) is 6.80. The molecular weight excluding hydrogens is 398 g/mol. The van der Waals surface area contributed by atoms with Crippen LogP contribution in [0, 0.1) is 35.5 Å². The maximum atomic E-state index is 13.2. The molecule has 32 heavy (non-hydrogen) atoms. The summed E-state index contributed by atoms with van der Waals surface area (Å²) in [4.78, 5) is 31.0. The zero-order chi connectivity index (χ0) is 21.5. The largest absolute Gasteiger partial charge is 0.345 e. The molecule has 0 aromatic carbocycles. The lowest BCUT2D eigenvalue weighted by Gasteiger charge is -2.56. The summed E-state index contributed by atoms with van der Waals surface area (Å²) in [5, 5.41) is 6.80. The van der Waals surface area contributed by atoms with Crippen LogP contribution in [0.3, 0.4) is 0 Å². The molecule has 2 amide bonds. The number of nitrogens with zero attached hydrogens (tertiary/aromatic N) is 1. The number of carbonyl (C=O) groups excluding carboxylic acids is 2. The Balaban J connectivity index is 1.07. The highest BCUT2D eigenvalue weighted by Gasteiger charge is 2.53. The van der Waals surface area contributed by atoms with Crippen molar-refractivity contribution in [2.45, 2.75) is 88.1 Å². The van der Waals surface area contributed by atoms with Crippen molar-refractivity contribution < 1.29 is 9.59 Å². The zero-order valence-corrected chi connectivity index (χ0v) is 18.9. The van der Waals surface area contributed by atoms with Gasteiger partial charge in [0.05, 0.1) is 0 Å². The Labute approximate surface area is 190 Å². The molecule has 8 bridgehead atoms. The van der Waals surface area contributed by atoms with Crippen LogP contribution in [0.5, 0.6) is 0 Å². The first kappa shape index (κ1) is 19.5. The third-order valence-corrected chi connectivity index (χ3v) is 10.0. The minimum Gasteiger partial charge on any atom is -0.345 e. The SMILES string of the molecule is O=C(NC12CC3CC(CC(C3)C1)C2)c1cccc(C(=O)NC23CC4CC(CC(C4)C2)C3)n1. The first-order chi connectivity index (χ1) is 15.4. The van der Waals surface area contributed by atoms with Crippen LogP contribution in [-0.4, -0.2) is 27.9 Å². The molecule has 1 aromatic heterocycles. The van der Waals surface area contributed by atoms with Crippen LogP contribution in [0.4, 0.5) is 0 Å². The highest BCUT2D eigenvalue weighted by Crippen LogP contribution is 2.56. The number of amides is 2. The smallest absolute Gasteiger partial charge is 0.270 e. The lowest BCUT2D eigenvalue weighted by Crippen LogP contribution is -2.60. The van der Waals surface area contributed by atoms with Crippen molar-refractivity contribution in [1.82, 2.24) is 15.6 Å². The molecule has 170 valence electrons. The second-order valence-electron chi connectivity index (χ2n) is 12.7. The molecule has 8 aliphatic carbocycles. The molecule has 0 spiro atoms. The van der Waals surface area contributed by atoms with Gasteiger partial charge in [-0.3, -0.25) is 9.59 Å². The van der Waals surface area contributed by atoms with Gasteiger partial charge in [0.15, 0.2) is 0 Å². The Morgan fingerprint density at radius 1 is 0.625 bits per heavy atom. The zero-order valence-electron chi connectivity index (χ0n) is 18.9. The van der Waals surface area contributed by atoms with E-state index >= 15 is 0 Å². The van der Waals surface area contributed by atoms with E-state index in [4.69, 9.17) is 0 Å². The van der Waals surface area contributed by atoms with Crippen molar-refractivity contribution in [1.29, 1.82) is 0 Å². The molecule has 5 heteroatoms. The Bertz CT molecular complexity index is 826. The van der Waals surface area contributed by atoms with Gasteiger partial charge in [-0.15, -0.1) is 0 Å². The molecule has 1 heterocycles. The van der Waals surface area contributed by atoms with Gasteiger partial charge in [0.2, 0.25) is 0 Å². The van der Waals surface area contributed by atoms with E-state index in [-0.39, 0.29) is 22.9 Å². The first-order valence-electron chi connectivity index (χ1n) is 13.1. The van der Waals surface area contributed by atoms with Gasteiger partial charge in [0.25, 0.3) is 11.8 Å². The average Bonchev–Trinajstić information content (AvgIpc) is 2.71. The van der Waals surface area contributed by atoms with Gasteiger partial charge >= 0.3 is 0 Å². The Hall–Kier alpha value is -1.91. The van der Waals surface area contributed by atoms with Gasteiger partial charge < -0.3 is 10.6 Å². The molecule has 0 atom stereocenters. The molecule has 0 saturated heterocycles. The molecule has 8 saturated carbocycles. The van der Waals surface area contributed by atoms with Gasteiger partial charge in [-0.1, -0.05) is 6.07 Å². The Morgan fingerprint density at radius 2 is 0.938 bits per heavy atom. The van der Waals surface area contributed by atoms with Crippen LogP contribution in [0.1, 0.15) is 98.0 Å². The van der Waals surface area contributed by atoms with E-state index in [0.717, 1.165) is 74.0 Å². The van der Waals surface area contributed by atoms with Crippen LogP contribution in [0.2, 0.25) is 0 Å². The van der Waals surface area contributed by atoms with E-state index < -0.39 is 0 Å². The van der Waals surface area contributed by atoms with Gasteiger partial charge in [0, 0.05) is 11.1 Å². The van der Waals surface area contributed by atoms with Crippen LogP contribution in [0.25, 0.3) is 0 Å². The quantitative estimate of drug-likeness (QED) is 0.735. The topological polar surface area (TPSA) is 71.1 Å². The molecule has 8 aliphatic rings. The minimum atomic E-state index is -0.101.